The predicted molar refractivity (Wildman–Crippen MR) is 121 cm³/mol. The molecule has 0 bridgehead atoms. The van der Waals surface area contributed by atoms with Gasteiger partial charge in [-0.05, 0) is 48.9 Å². The van der Waals surface area contributed by atoms with E-state index in [9.17, 15) is 4.79 Å². The van der Waals surface area contributed by atoms with Gasteiger partial charge in [0.15, 0.2) is 0 Å². The van der Waals surface area contributed by atoms with Crippen LogP contribution in [0.25, 0.3) is 16.5 Å². The molecule has 2 aromatic carbocycles. The van der Waals surface area contributed by atoms with Crippen LogP contribution in [0.4, 0.5) is 17.1 Å². The number of pyridine rings is 1. The molecule has 6 heteroatoms. The second-order valence-corrected chi connectivity index (χ2v) is 7.49. The van der Waals surface area contributed by atoms with Crippen molar-refractivity contribution in [3.8, 4) is 0 Å². The fourth-order valence-electron chi connectivity index (χ4n) is 4.09. The Morgan fingerprint density at radius 3 is 2.77 bits per heavy atom. The van der Waals surface area contributed by atoms with Crippen LogP contribution in [0.5, 0.6) is 0 Å². The van der Waals surface area contributed by atoms with Crippen LogP contribution in [-0.2, 0) is 9.53 Å². The van der Waals surface area contributed by atoms with E-state index in [4.69, 9.17) is 4.74 Å². The zero-order chi connectivity index (χ0) is 20.3. The van der Waals surface area contributed by atoms with Gasteiger partial charge >= 0.3 is 0 Å². The molecule has 1 saturated heterocycles. The largest absolute Gasteiger partial charge is 0.385 e. The molecule has 0 aliphatic carbocycles. The Hall–Kier alpha value is -3.38. The van der Waals surface area contributed by atoms with Crippen LogP contribution in [0.3, 0.4) is 0 Å². The third-order valence-electron chi connectivity index (χ3n) is 5.61. The predicted octanol–water partition coefficient (Wildman–Crippen LogP) is 3.91. The summed E-state index contributed by atoms with van der Waals surface area (Å²) in [4.78, 5) is 19.2. The molecule has 2 aliphatic heterocycles. The van der Waals surface area contributed by atoms with Crippen molar-refractivity contribution in [3.05, 3.63) is 66.4 Å². The molecule has 6 nitrogen and oxygen atoms in total. The smallest absolute Gasteiger partial charge is 0.256 e. The van der Waals surface area contributed by atoms with Gasteiger partial charge in [0.1, 0.15) is 0 Å². The van der Waals surface area contributed by atoms with Gasteiger partial charge in [-0.25, -0.2) is 0 Å². The minimum Gasteiger partial charge on any atom is -0.385 e. The van der Waals surface area contributed by atoms with Gasteiger partial charge in [0.25, 0.3) is 5.91 Å². The van der Waals surface area contributed by atoms with E-state index in [1.54, 1.807) is 6.20 Å². The summed E-state index contributed by atoms with van der Waals surface area (Å²) in [5.74, 6) is -0.0452. The summed E-state index contributed by atoms with van der Waals surface area (Å²) in [6.07, 6.45) is 4.54. The summed E-state index contributed by atoms with van der Waals surface area (Å²) in [7, 11) is 0. The lowest BCUT2D eigenvalue weighted by atomic mass is 10.0. The standard InChI is InChI=1S/C24H24N4O2/c29-24-20(23-19-3-1-12-26-21(19)9-10-22(23)27-24)4-2-11-25-17-5-7-18(8-6-17)28-13-15-30-16-14-28/h1,3-10,12,25H,2,11,13-16H2,(H,27,29)/b20-4-. The summed E-state index contributed by atoms with van der Waals surface area (Å²) in [5, 5.41) is 7.42. The van der Waals surface area contributed by atoms with E-state index in [1.165, 1.54) is 5.69 Å². The van der Waals surface area contributed by atoms with Crippen molar-refractivity contribution in [2.24, 2.45) is 0 Å². The fourth-order valence-corrected chi connectivity index (χ4v) is 4.09. The van der Waals surface area contributed by atoms with Gasteiger partial charge in [0.2, 0.25) is 0 Å². The summed E-state index contributed by atoms with van der Waals surface area (Å²) in [6.45, 7) is 4.21. The Labute approximate surface area is 175 Å². The number of morpholine rings is 1. The minimum atomic E-state index is -0.0452. The Kier molecular flexibility index (Phi) is 5.07. The highest BCUT2D eigenvalue weighted by molar-refractivity contribution is 6.34. The van der Waals surface area contributed by atoms with Crippen LogP contribution in [-0.4, -0.2) is 43.7 Å². The lowest BCUT2D eigenvalue weighted by Gasteiger charge is -2.28. The van der Waals surface area contributed by atoms with Crippen LogP contribution in [0.15, 0.2) is 60.8 Å². The number of nitrogens with zero attached hydrogens (tertiary/aromatic N) is 2. The number of amides is 1. The first kappa shape index (κ1) is 18.6. The first-order chi connectivity index (χ1) is 14.8. The zero-order valence-electron chi connectivity index (χ0n) is 16.7. The Bertz CT molecular complexity index is 1100. The van der Waals surface area contributed by atoms with E-state index in [2.05, 4.69) is 44.8 Å². The molecule has 5 rings (SSSR count). The summed E-state index contributed by atoms with van der Waals surface area (Å²) in [6, 6.07) is 16.3. The number of carbonyl (C=O) groups excluding carboxylic acids is 1. The molecule has 0 spiro atoms. The molecule has 0 unspecified atom stereocenters. The molecular formula is C24H24N4O2. The zero-order valence-corrected chi connectivity index (χ0v) is 16.7. The van der Waals surface area contributed by atoms with Crippen LogP contribution in [0, 0.1) is 0 Å². The maximum absolute atomic E-state index is 12.5. The number of carbonyl (C=O) groups is 1. The van der Waals surface area contributed by atoms with Crippen LogP contribution in [0.2, 0.25) is 0 Å². The highest BCUT2D eigenvalue weighted by Crippen LogP contribution is 2.37. The Balaban J connectivity index is 1.25. The number of benzene rings is 2. The van der Waals surface area contributed by atoms with E-state index < -0.39 is 0 Å². The van der Waals surface area contributed by atoms with Gasteiger partial charge < -0.3 is 20.3 Å². The Morgan fingerprint density at radius 2 is 1.93 bits per heavy atom. The van der Waals surface area contributed by atoms with Gasteiger partial charge in [0, 0.05) is 59.4 Å². The molecule has 1 amide bonds. The summed E-state index contributed by atoms with van der Waals surface area (Å²) >= 11 is 0. The Morgan fingerprint density at radius 1 is 1.10 bits per heavy atom. The molecule has 30 heavy (non-hydrogen) atoms. The molecule has 0 saturated carbocycles. The van der Waals surface area contributed by atoms with Crippen molar-refractivity contribution in [1.29, 1.82) is 0 Å². The number of anilines is 3. The first-order valence-electron chi connectivity index (χ1n) is 10.4. The average molecular weight is 400 g/mol. The summed E-state index contributed by atoms with van der Waals surface area (Å²) in [5.41, 5.74) is 5.76. The molecule has 0 atom stereocenters. The SMILES string of the molecule is O=C1Nc2ccc3ncccc3c2/C1=C/CCNc1ccc(N2CCOCC2)cc1. The lowest BCUT2D eigenvalue weighted by Crippen LogP contribution is -2.36. The first-order valence-corrected chi connectivity index (χ1v) is 10.4. The van der Waals surface area contributed by atoms with Gasteiger partial charge in [-0.2, -0.15) is 0 Å². The van der Waals surface area contributed by atoms with Gasteiger partial charge in [-0.3, -0.25) is 9.78 Å². The topological polar surface area (TPSA) is 66.5 Å². The van der Waals surface area contributed by atoms with E-state index in [0.717, 1.165) is 72.7 Å². The highest BCUT2D eigenvalue weighted by Gasteiger charge is 2.25. The minimum absolute atomic E-state index is 0.0452. The molecular weight excluding hydrogens is 376 g/mol. The highest BCUT2D eigenvalue weighted by atomic mass is 16.5. The monoisotopic (exact) mass is 400 g/mol. The number of ether oxygens (including phenoxy) is 1. The van der Waals surface area contributed by atoms with Crippen molar-refractivity contribution in [1.82, 2.24) is 4.98 Å². The van der Waals surface area contributed by atoms with E-state index in [-0.39, 0.29) is 5.91 Å². The molecule has 1 aromatic heterocycles. The fraction of sp³-hybridized carbons (Fsp3) is 0.250. The third-order valence-corrected chi connectivity index (χ3v) is 5.61. The molecule has 2 aliphatic rings. The second kappa shape index (κ2) is 8.16. The van der Waals surface area contributed by atoms with Gasteiger partial charge in [0.05, 0.1) is 18.7 Å². The number of hydrogen-bond donors (Lipinski definition) is 2. The van der Waals surface area contributed by atoms with E-state index >= 15 is 0 Å². The van der Waals surface area contributed by atoms with Crippen LogP contribution in [0.1, 0.15) is 12.0 Å². The van der Waals surface area contributed by atoms with Crippen molar-refractivity contribution < 1.29 is 9.53 Å². The lowest BCUT2D eigenvalue weighted by molar-refractivity contribution is -0.110. The maximum Gasteiger partial charge on any atom is 0.256 e. The molecule has 2 N–H and O–H groups in total. The second-order valence-electron chi connectivity index (χ2n) is 7.49. The van der Waals surface area contributed by atoms with Crippen LogP contribution < -0.4 is 15.5 Å². The molecule has 0 radical (unpaired) electrons. The van der Waals surface area contributed by atoms with E-state index in [1.807, 2.05) is 30.3 Å². The third kappa shape index (κ3) is 3.62. The average Bonchev–Trinajstić information content (AvgIpc) is 3.13. The maximum atomic E-state index is 12.5. The van der Waals surface area contributed by atoms with Crippen molar-refractivity contribution in [2.75, 3.05) is 48.4 Å². The number of fused-ring (bicyclic) bond motifs is 3. The molecule has 152 valence electrons. The van der Waals surface area contributed by atoms with Gasteiger partial charge in [-0.1, -0.05) is 12.1 Å². The van der Waals surface area contributed by atoms with Crippen molar-refractivity contribution in [3.63, 3.8) is 0 Å². The van der Waals surface area contributed by atoms with Crippen molar-refractivity contribution >= 4 is 39.4 Å². The van der Waals surface area contributed by atoms with Gasteiger partial charge in [-0.15, -0.1) is 0 Å². The van der Waals surface area contributed by atoms with Crippen molar-refractivity contribution in [2.45, 2.75) is 6.42 Å². The normalized spacial score (nSPS) is 17.3. The molecule has 1 fully saturated rings. The number of aromatic nitrogens is 1. The number of nitrogens with one attached hydrogen (secondary N) is 2. The number of hydrogen-bond acceptors (Lipinski definition) is 5. The van der Waals surface area contributed by atoms with Crippen LogP contribution >= 0.6 is 0 Å². The molecule has 3 aromatic rings. The summed E-state index contributed by atoms with van der Waals surface area (Å²) < 4.78 is 5.41. The quantitative estimate of drug-likeness (QED) is 0.502. The molecule has 3 heterocycles. The van der Waals surface area contributed by atoms with E-state index in [0.29, 0.717) is 0 Å². The number of rotatable bonds is 5.